The molecule has 0 unspecified atom stereocenters. The van der Waals surface area contributed by atoms with E-state index in [4.69, 9.17) is 38.5 Å². The molecule has 0 atom stereocenters. The quantitative estimate of drug-likeness (QED) is 0.217. The van der Waals surface area contributed by atoms with Gasteiger partial charge in [0, 0.05) is 18.3 Å². The number of hydrogen-bond donors (Lipinski definition) is 2. The van der Waals surface area contributed by atoms with Gasteiger partial charge in [0.1, 0.15) is 17.4 Å². The minimum absolute atomic E-state index is 0.0295. The van der Waals surface area contributed by atoms with Crippen LogP contribution in [-0.4, -0.2) is 96.4 Å². The molecule has 0 bridgehead atoms. The molecule has 10 heteroatoms. The highest BCUT2D eigenvalue weighted by molar-refractivity contribution is 7.21. The van der Waals surface area contributed by atoms with E-state index in [-0.39, 0.29) is 6.61 Å². The predicted octanol–water partition coefficient (Wildman–Crippen LogP) is 3.46. The first kappa shape index (κ1) is 28.3. The Morgan fingerprint density at radius 3 is 1.83 bits per heavy atom. The third-order valence-electron chi connectivity index (χ3n) is 5.00. The summed E-state index contributed by atoms with van der Waals surface area (Å²) in [6.45, 7) is 5.35. The number of aliphatic hydroxyl groups excluding tert-OH is 1. The number of aliphatic hydroxyl groups is 1. The molecule has 0 fully saturated rings. The van der Waals surface area contributed by atoms with E-state index in [1.165, 1.54) is 0 Å². The lowest BCUT2D eigenvalue weighted by molar-refractivity contribution is -0.0146. The minimum atomic E-state index is 0.0295. The van der Waals surface area contributed by atoms with Crippen LogP contribution in [0.3, 0.4) is 0 Å². The first-order chi connectivity index (χ1) is 17.8. The standard InChI is InChI=1S/C26H36N2O7S/c1-27-22-4-2-21(3-5-22)26-28-24-7-6-23(20-25(24)36-26)35-19-18-34-17-16-33-15-14-32-13-12-31-11-10-30-9-8-29/h2-7,20,27,29H,8-19H2,1H3. The summed E-state index contributed by atoms with van der Waals surface area (Å²) in [7, 11) is 1.91. The van der Waals surface area contributed by atoms with Crippen LogP contribution in [-0.2, 0) is 23.7 Å². The molecule has 0 aliphatic rings. The number of hydrogen-bond acceptors (Lipinski definition) is 10. The van der Waals surface area contributed by atoms with E-state index in [9.17, 15) is 0 Å². The number of nitrogens with one attached hydrogen (secondary N) is 1. The van der Waals surface area contributed by atoms with Crippen molar-refractivity contribution in [3.63, 3.8) is 0 Å². The highest BCUT2D eigenvalue weighted by Crippen LogP contribution is 2.32. The van der Waals surface area contributed by atoms with Gasteiger partial charge in [-0.1, -0.05) is 0 Å². The van der Waals surface area contributed by atoms with Crippen LogP contribution in [0.5, 0.6) is 5.75 Å². The number of nitrogens with zero attached hydrogens (tertiary/aromatic N) is 1. The molecule has 3 rings (SSSR count). The number of benzene rings is 2. The van der Waals surface area contributed by atoms with Gasteiger partial charge < -0.3 is 38.8 Å². The van der Waals surface area contributed by atoms with Gasteiger partial charge in [0.2, 0.25) is 0 Å². The lowest BCUT2D eigenvalue weighted by atomic mass is 10.2. The van der Waals surface area contributed by atoms with Crippen LogP contribution in [0.15, 0.2) is 42.5 Å². The van der Waals surface area contributed by atoms with Crippen LogP contribution >= 0.6 is 11.3 Å². The number of rotatable bonds is 20. The Morgan fingerprint density at radius 2 is 1.28 bits per heavy atom. The van der Waals surface area contributed by atoms with Gasteiger partial charge in [-0.25, -0.2) is 4.98 Å². The number of anilines is 1. The average molecular weight is 521 g/mol. The molecular weight excluding hydrogens is 484 g/mol. The lowest BCUT2D eigenvalue weighted by Crippen LogP contribution is -2.14. The molecule has 198 valence electrons. The van der Waals surface area contributed by atoms with Crippen molar-refractivity contribution < 1.29 is 33.5 Å². The Bertz CT molecular complexity index is 984. The molecule has 3 aromatic rings. The first-order valence-corrected chi connectivity index (χ1v) is 12.9. The van der Waals surface area contributed by atoms with Crippen LogP contribution in [0.1, 0.15) is 0 Å². The summed E-state index contributed by atoms with van der Waals surface area (Å²) in [6, 6.07) is 14.2. The molecule has 36 heavy (non-hydrogen) atoms. The van der Waals surface area contributed by atoms with Crippen LogP contribution in [0, 0.1) is 0 Å². The maximum Gasteiger partial charge on any atom is 0.124 e. The van der Waals surface area contributed by atoms with E-state index in [1.54, 1.807) is 11.3 Å². The van der Waals surface area contributed by atoms with Crippen molar-refractivity contribution in [1.82, 2.24) is 4.98 Å². The maximum absolute atomic E-state index is 8.58. The third-order valence-corrected chi connectivity index (χ3v) is 6.07. The van der Waals surface area contributed by atoms with E-state index < -0.39 is 0 Å². The van der Waals surface area contributed by atoms with Crippen LogP contribution < -0.4 is 10.1 Å². The van der Waals surface area contributed by atoms with E-state index in [0.717, 1.165) is 32.2 Å². The molecule has 0 amide bonds. The first-order valence-electron chi connectivity index (χ1n) is 12.1. The zero-order valence-corrected chi connectivity index (χ0v) is 21.6. The fourth-order valence-corrected chi connectivity index (χ4v) is 4.16. The summed E-state index contributed by atoms with van der Waals surface area (Å²) in [5.41, 5.74) is 3.15. The Morgan fingerprint density at radius 1 is 0.722 bits per heavy atom. The van der Waals surface area contributed by atoms with Crippen molar-refractivity contribution in [3.8, 4) is 16.3 Å². The van der Waals surface area contributed by atoms with Gasteiger partial charge in [-0.15, -0.1) is 11.3 Å². The van der Waals surface area contributed by atoms with Crippen molar-refractivity contribution in [1.29, 1.82) is 0 Å². The molecule has 0 radical (unpaired) electrons. The van der Waals surface area contributed by atoms with Crippen molar-refractivity contribution in [3.05, 3.63) is 42.5 Å². The van der Waals surface area contributed by atoms with Crippen molar-refractivity contribution in [2.75, 3.05) is 91.6 Å². The molecule has 9 nitrogen and oxygen atoms in total. The Labute approximate surface area is 216 Å². The number of ether oxygens (including phenoxy) is 6. The monoisotopic (exact) mass is 520 g/mol. The summed E-state index contributed by atoms with van der Waals surface area (Å²) in [5, 5.41) is 12.7. The SMILES string of the molecule is CNc1ccc(-c2nc3ccc(OCCOCCOCCOCCOCCOCCO)cc3s2)cc1. The molecule has 1 heterocycles. The lowest BCUT2D eigenvalue weighted by Gasteiger charge is -2.08. The maximum atomic E-state index is 8.58. The van der Waals surface area contributed by atoms with Gasteiger partial charge in [0.25, 0.3) is 0 Å². The zero-order chi connectivity index (χ0) is 25.3. The smallest absolute Gasteiger partial charge is 0.124 e. The molecule has 0 saturated heterocycles. The predicted molar refractivity (Wildman–Crippen MR) is 141 cm³/mol. The molecule has 0 spiro atoms. The molecule has 2 aromatic carbocycles. The van der Waals surface area contributed by atoms with E-state index >= 15 is 0 Å². The molecule has 0 aliphatic carbocycles. The number of fused-ring (bicyclic) bond motifs is 1. The van der Waals surface area contributed by atoms with Gasteiger partial charge in [-0.3, -0.25) is 0 Å². The largest absolute Gasteiger partial charge is 0.491 e. The van der Waals surface area contributed by atoms with Crippen molar-refractivity contribution >= 4 is 27.2 Å². The fraction of sp³-hybridized carbons (Fsp3) is 0.500. The third kappa shape index (κ3) is 10.4. The zero-order valence-electron chi connectivity index (χ0n) is 20.8. The molecular formula is C26H36N2O7S. The minimum Gasteiger partial charge on any atom is -0.491 e. The highest BCUT2D eigenvalue weighted by atomic mass is 32.1. The van der Waals surface area contributed by atoms with Gasteiger partial charge in [0.15, 0.2) is 0 Å². The highest BCUT2D eigenvalue weighted by Gasteiger charge is 2.08. The van der Waals surface area contributed by atoms with Gasteiger partial charge in [0.05, 0.1) is 82.9 Å². The molecule has 1 aromatic heterocycles. The second-order valence-electron chi connectivity index (χ2n) is 7.61. The second-order valence-corrected chi connectivity index (χ2v) is 8.64. The van der Waals surface area contributed by atoms with E-state index in [2.05, 4.69) is 17.4 Å². The second kappa shape index (κ2) is 17.2. The summed E-state index contributed by atoms with van der Waals surface area (Å²) < 4.78 is 33.8. The van der Waals surface area contributed by atoms with Crippen molar-refractivity contribution in [2.24, 2.45) is 0 Å². The molecule has 2 N–H and O–H groups in total. The molecule has 0 aliphatic heterocycles. The normalized spacial score (nSPS) is 11.3. The van der Waals surface area contributed by atoms with Gasteiger partial charge >= 0.3 is 0 Å². The van der Waals surface area contributed by atoms with Crippen LogP contribution in [0.2, 0.25) is 0 Å². The van der Waals surface area contributed by atoms with Gasteiger partial charge in [-0.05, 0) is 42.5 Å². The summed E-state index contributed by atoms with van der Waals surface area (Å²) in [4.78, 5) is 4.74. The van der Waals surface area contributed by atoms with Crippen LogP contribution in [0.25, 0.3) is 20.8 Å². The van der Waals surface area contributed by atoms with E-state index in [1.807, 2.05) is 37.4 Å². The Balaban J connectivity index is 1.19. The number of aromatic nitrogens is 1. The van der Waals surface area contributed by atoms with Crippen molar-refractivity contribution in [2.45, 2.75) is 0 Å². The Hall–Kier alpha value is -2.31. The Kier molecular flexibility index (Phi) is 13.5. The number of thiazole rings is 1. The average Bonchev–Trinajstić information content (AvgIpc) is 3.34. The van der Waals surface area contributed by atoms with E-state index in [0.29, 0.717) is 72.7 Å². The topological polar surface area (TPSA) is 101 Å². The van der Waals surface area contributed by atoms with Gasteiger partial charge in [-0.2, -0.15) is 0 Å². The summed E-state index contributed by atoms with van der Waals surface area (Å²) in [6.07, 6.45) is 0. The fourth-order valence-electron chi connectivity index (χ4n) is 3.16. The van der Waals surface area contributed by atoms with Crippen LogP contribution in [0.4, 0.5) is 5.69 Å². The summed E-state index contributed by atoms with van der Waals surface area (Å²) >= 11 is 1.65. The summed E-state index contributed by atoms with van der Waals surface area (Å²) in [5.74, 6) is 0.807. The molecule has 0 saturated carbocycles.